The zero-order valence-electron chi connectivity index (χ0n) is 12.3. The van der Waals surface area contributed by atoms with Crippen molar-refractivity contribution in [3.63, 3.8) is 0 Å². The molecule has 0 fully saturated rings. The Kier molecular flexibility index (Phi) is 6.16. The fourth-order valence-corrected chi connectivity index (χ4v) is 2.89. The molecule has 1 aromatic rings. The second kappa shape index (κ2) is 7.19. The maximum atomic E-state index is 11.9. The zero-order chi connectivity index (χ0) is 15.3. The molecule has 0 spiro atoms. The number of nitrogens with zero attached hydrogens (tertiary/aromatic N) is 1. The number of rotatable bonds is 7. The number of sulfonamides is 1. The van der Waals surface area contributed by atoms with Gasteiger partial charge in [0.1, 0.15) is 0 Å². The summed E-state index contributed by atoms with van der Waals surface area (Å²) in [5, 5.41) is 3.34. The molecule has 20 heavy (non-hydrogen) atoms. The molecule has 0 radical (unpaired) electrons. The molecule has 2 atom stereocenters. The first kappa shape index (κ1) is 17.1. The minimum atomic E-state index is -3.37. The van der Waals surface area contributed by atoms with Gasteiger partial charge in [0, 0.05) is 48.6 Å². The molecule has 1 aromatic carbocycles. The van der Waals surface area contributed by atoms with Crippen LogP contribution in [0.1, 0.15) is 13.3 Å². The monoisotopic (exact) mass is 318 g/mol. The number of hydrogen-bond acceptors (Lipinski definition) is 4. The Labute approximate surface area is 123 Å². The van der Waals surface area contributed by atoms with Gasteiger partial charge >= 0.3 is 0 Å². The van der Waals surface area contributed by atoms with Crippen molar-refractivity contribution in [1.29, 1.82) is 0 Å². The summed E-state index contributed by atoms with van der Waals surface area (Å²) in [7, 11) is -1.17. The quantitative estimate of drug-likeness (QED) is 0.827. The summed E-state index contributed by atoms with van der Waals surface area (Å²) in [6.45, 7) is 2.66. The van der Waals surface area contributed by atoms with Gasteiger partial charge in [0.05, 0.1) is 4.90 Å². The van der Waals surface area contributed by atoms with Gasteiger partial charge < -0.3 is 5.32 Å². The summed E-state index contributed by atoms with van der Waals surface area (Å²) in [5.41, 5.74) is 0.858. The Morgan fingerprint density at radius 2 is 1.80 bits per heavy atom. The average molecular weight is 318 g/mol. The minimum absolute atomic E-state index is 0.149. The fourth-order valence-electron chi connectivity index (χ4n) is 1.54. The molecule has 0 amide bonds. The highest BCUT2D eigenvalue weighted by molar-refractivity contribution is 7.89. The van der Waals surface area contributed by atoms with E-state index in [1.54, 1.807) is 30.5 Å². The topological polar surface area (TPSA) is 66.5 Å². The van der Waals surface area contributed by atoms with Crippen molar-refractivity contribution in [2.45, 2.75) is 23.5 Å². The van der Waals surface area contributed by atoms with E-state index in [1.165, 1.54) is 18.4 Å². The lowest BCUT2D eigenvalue weighted by molar-refractivity contribution is 0.521. The SMILES string of the molecule is CC(CCNc1ccc(S(=O)(=O)N(C)C)cc1)S(C)=O. The number of benzene rings is 1. The standard InChI is InChI=1S/C13H22N2O3S2/c1-11(19(4)16)9-10-14-12-5-7-13(8-6-12)20(17,18)15(2)3/h5-8,11,14H,9-10H2,1-4H3. The summed E-state index contributed by atoms with van der Waals surface area (Å²) in [6, 6.07) is 6.64. The summed E-state index contributed by atoms with van der Waals surface area (Å²) in [6.07, 6.45) is 2.51. The zero-order valence-corrected chi connectivity index (χ0v) is 13.9. The maximum Gasteiger partial charge on any atom is 0.242 e. The van der Waals surface area contributed by atoms with Crippen molar-refractivity contribution in [3.8, 4) is 0 Å². The lowest BCUT2D eigenvalue weighted by Gasteiger charge is -2.13. The Morgan fingerprint density at radius 1 is 1.25 bits per heavy atom. The fraction of sp³-hybridized carbons (Fsp3) is 0.538. The van der Waals surface area contributed by atoms with Gasteiger partial charge in [-0.15, -0.1) is 0 Å². The molecule has 114 valence electrons. The second-order valence-electron chi connectivity index (χ2n) is 4.84. The molecule has 0 saturated carbocycles. The number of nitrogens with one attached hydrogen (secondary N) is 1. The molecule has 0 aliphatic heterocycles. The summed E-state index contributed by atoms with van der Waals surface area (Å²) >= 11 is 0. The van der Waals surface area contributed by atoms with E-state index in [-0.39, 0.29) is 10.1 Å². The van der Waals surface area contributed by atoms with Gasteiger partial charge in [-0.2, -0.15) is 0 Å². The van der Waals surface area contributed by atoms with E-state index in [4.69, 9.17) is 0 Å². The highest BCUT2D eigenvalue weighted by Gasteiger charge is 2.16. The normalized spacial score (nSPS) is 15.1. The predicted molar refractivity (Wildman–Crippen MR) is 83.9 cm³/mol. The number of hydrogen-bond donors (Lipinski definition) is 1. The van der Waals surface area contributed by atoms with Crippen molar-refractivity contribution in [2.75, 3.05) is 32.2 Å². The maximum absolute atomic E-state index is 11.9. The highest BCUT2D eigenvalue weighted by Crippen LogP contribution is 2.16. The summed E-state index contributed by atoms with van der Waals surface area (Å²) in [4.78, 5) is 0.274. The molecule has 0 aromatic heterocycles. The molecule has 1 N–H and O–H groups in total. The van der Waals surface area contributed by atoms with E-state index in [0.717, 1.165) is 12.1 Å². The molecule has 0 bridgehead atoms. The molecule has 5 nitrogen and oxygen atoms in total. The molecule has 0 aliphatic rings. The van der Waals surface area contributed by atoms with Crippen molar-refractivity contribution < 1.29 is 12.6 Å². The van der Waals surface area contributed by atoms with Crippen LogP contribution in [0.3, 0.4) is 0 Å². The van der Waals surface area contributed by atoms with E-state index in [9.17, 15) is 12.6 Å². The van der Waals surface area contributed by atoms with E-state index < -0.39 is 20.8 Å². The first-order valence-corrected chi connectivity index (χ1v) is 9.40. The third-order valence-corrected chi connectivity index (χ3v) is 6.28. The van der Waals surface area contributed by atoms with Crippen LogP contribution in [0.25, 0.3) is 0 Å². The second-order valence-corrected chi connectivity index (χ2v) is 8.79. The molecule has 0 heterocycles. The summed E-state index contributed by atoms with van der Waals surface area (Å²) < 4.78 is 36.2. The molecule has 7 heteroatoms. The van der Waals surface area contributed by atoms with Crippen LogP contribution in [0.2, 0.25) is 0 Å². The van der Waals surface area contributed by atoms with Gasteiger partial charge in [0.2, 0.25) is 10.0 Å². The third-order valence-electron chi connectivity index (χ3n) is 3.08. The van der Waals surface area contributed by atoms with Gasteiger partial charge in [0.25, 0.3) is 0 Å². The van der Waals surface area contributed by atoms with E-state index in [2.05, 4.69) is 5.32 Å². The van der Waals surface area contributed by atoms with Crippen LogP contribution < -0.4 is 5.32 Å². The first-order chi connectivity index (χ1) is 9.25. The smallest absolute Gasteiger partial charge is 0.242 e. The van der Waals surface area contributed by atoms with Crippen molar-refractivity contribution >= 4 is 26.5 Å². The van der Waals surface area contributed by atoms with Crippen LogP contribution in [0.15, 0.2) is 29.2 Å². The lowest BCUT2D eigenvalue weighted by atomic mass is 10.3. The molecule has 2 unspecified atom stereocenters. The highest BCUT2D eigenvalue weighted by atomic mass is 32.2. The van der Waals surface area contributed by atoms with Crippen LogP contribution in [0, 0.1) is 0 Å². The van der Waals surface area contributed by atoms with E-state index in [0.29, 0.717) is 6.54 Å². The Balaban J connectivity index is 2.62. The van der Waals surface area contributed by atoms with Gasteiger partial charge in [0.15, 0.2) is 0 Å². The first-order valence-electron chi connectivity index (χ1n) is 6.34. The van der Waals surface area contributed by atoms with Crippen LogP contribution >= 0.6 is 0 Å². The average Bonchev–Trinajstić information content (AvgIpc) is 2.38. The van der Waals surface area contributed by atoms with Crippen LogP contribution in [-0.2, 0) is 20.8 Å². The van der Waals surface area contributed by atoms with E-state index >= 15 is 0 Å². The van der Waals surface area contributed by atoms with Crippen molar-refractivity contribution in [2.24, 2.45) is 0 Å². The Morgan fingerprint density at radius 3 is 2.25 bits per heavy atom. The van der Waals surface area contributed by atoms with Crippen molar-refractivity contribution in [1.82, 2.24) is 4.31 Å². The van der Waals surface area contributed by atoms with Gasteiger partial charge in [-0.05, 0) is 30.7 Å². The molecular weight excluding hydrogens is 296 g/mol. The molecule has 0 aliphatic carbocycles. The van der Waals surface area contributed by atoms with Gasteiger partial charge in [-0.1, -0.05) is 6.92 Å². The predicted octanol–water partition coefficient (Wildman–Crippen LogP) is 1.51. The van der Waals surface area contributed by atoms with Crippen molar-refractivity contribution in [3.05, 3.63) is 24.3 Å². The van der Waals surface area contributed by atoms with E-state index in [1.807, 2.05) is 6.92 Å². The van der Waals surface area contributed by atoms with Gasteiger partial charge in [-0.3, -0.25) is 4.21 Å². The molecule has 0 saturated heterocycles. The minimum Gasteiger partial charge on any atom is -0.385 e. The van der Waals surface area contributed by atoms with Crippen LogP contribution in [-0.4, -0.2) is 49.1 Å². The molecular formula is C13H22N2O3S2. The molecule has 1 rings (SSSR count). The van der Waals surface area contributed by atoms with Crippen LogP contribution in [0.4, 0.5) is 5.69 Å². The Hall–Kier alpha value is -0.920. The number of anilines is 1. The van der Waals surface area contributed by atoms with Crippen LogP contribution in [0.5, 0.6) is 0 Å². The Bertz CT molecular complexity index is 553. The third kappa shape index (κ3) is 4.57. The van der Waals surface area contributed by atoms with Gasteiger partial charge in [-0.25, -0.2) is 12.7 Å². The largest absolute Gasteiger partial charge is 0.385 e. The summed E-state index contributed by atoms with van der Waals surface area (Å²) in [5.74, 6) is 0. The lowest BCUT2D eigenvalue weighted by Crippen LogP contribution is -2.22.